The Morgan fingerprint density at radius 1 is 1.30 bits per heavy atom. The molecule has 4 aliphatic heterocycles. The number of allylic oxidation sites excluding steroid dienone is 3. The quantitative estimate of drug-likeness (QED) is 0.545. The molecule has 6 heteroatoms. The van der Waals surface area contributed by atoms with Crippen LogP contribution in [0.3, 0.4) is 0 Å². The highest BCUT2D eigenvalue weighted by atomic mass is 35.5. The van der Waals surface area contributed by atoms with Gasteiger partial charge in [0.1, 0.15) is 17.7 Å². The number of fused-ring (bicyclic) bond motifs is 1. The third kappa shape index (κ3) is 3.46. The zero-order valence-electron chi connectivity index (χ0n) is 17.2. The van der Waals surface area contributed by atoms with Gasteiger partial charge in [-0.15, -0.1) is 11.8 Å². The lowest BCUT2D eigenvalue weighted by atomic mass is 9.90. The molecule has 0 aromatic heterocycles. The number of benzene rings is 1. The van der Waals surface area contributed by atoms with Crippen LogP contribution in [-0.2, 0) is 0 Å². The lowest BCUT2D eigenvalue weighted by molar-refractivity contribution is 0.475. The monoisotopic (exact) mass is 441 g/mol. The minimum Gasteiger partial charge on any atom is -0.332 e. The Labute approximate surface area is 186 Å². The fraction of sp³-hybridized carbons (Fsp3) is 0.417. The average molecular weight is 442 g/mol. The van der Waals surface area contributed by atoms with Gasteiger partial charge in [-0.25, -0.2) is 4.39 Å². The number of nitrogens with zero attached hydrogens (tertiary/aromatic N) is 3. The lowest BCUT2D eigenvalue weighted by Crippen LogP contribution is -2.39. The first-order chi connectivity index (χ1) is 14.5. The molecule has 0 spiro atoms. The second-order valence-electron chi connectivity index (χ2n) is 8.35. The molecule has 3 nitrogen and oxygen atoms in total. The zero-order valence-corrected chi connectivity index (χ0v) is 18.8. The van der Waals surface area contributed by atoms with Gasteiger partial charge in [-0.2, -0.15) is 0 Å². The smallest absolute Gasteiger partial charge is 0.124 e. The summed E-state index contributed by atoms with van der Waals surface area (Å²) in [6.45, 7) is 5.35. The first kappa shape index (κ1) is 20.1. The van der Waals surface area contributed by atoms with Crippen molar-refractivity contribution in [1.82, 2.24) is 4.90 Å². The Balaban J connectivity index is 1.68. The van der Waals surface area contributed by atoms with Crippen LogP contribution >= 0.6 is 23.4 Å². The summed E-state index contributed by atoms with van der Waals surface area (Å²) in [6.07, 6.45) is 9.60. The molecular formula is C24H25ClFN3S. The van der Waals surface area contributed by atoms with Crippen molar-refractivity contribution in [1.29, 1.82) is 0 Å². The Hall–Kier alpha value is -1.85. The van der Waals surface area contributed by atoms with E-state index in [2.05, 4.69) is 42.4 Å². The van der Waals surface area contributed by atoms with Crippen molar-refractivity contribution < 1.29 is 4.39 Å². The molecule has 4 atom stereocenters. The van der Waals surface area contributed by atoms with E-state index in [0.717, 1.165) is 48.5 Å². The van der Waals surface area contributed by atoms with Crippen LogP contribution in [0.2, 0.25) is 5.02 Å². The van der Waals surface area contributed by atoms with Crippen LogP contribution < -0.4 is 0 Å². The largest absolute Gasteiger partial charge is 0.332 e. The van der Waals surface area contributed by atoms with Crippen LogP contribution in [0.4, 0.5) is 4.39 Å². The summed E-state index contributed by atoms with van der Waals surface area (Å²) in [5.74, 6) is 1.40. The first-order valence-corrected chi connectivity index (χ1v) is 12.0. The maximum Gasteiger partial charge on any atom is 0.124 e. The van der Waals surface area contributed by atoms with Gasteiger partial charge in [0.15, 0.2) is 0 Å². The Morgan fingerprint density at radius 3 is 2.83 bits per heavy atom. The molecule has 156 valence electrons. The molecule has 0 saturated carbocycles. The number of rotatable bonds is 4. The molecule has 2 unspecified atom stereocenters. The number of hydrogen-bond acceptors (Lipinski definition) is 4. The Morgan fingerprint density at radius 2 is 2.17 bits per heavy atom. The fourth-order valence-corrected chi connectivity index (χ4v) is 5.96. The van der Waals surface area contributed by atoms with E-state index in [4.69, 9.17) is 21.6 Å². The molecule has 4 aliphatic rings. The summed E-state index contributed by atoms with van der Waals surface area (Å²) in [5.41, 5.74) is 4.30. The highest BCUT2D eigenvalue weighted by molar-refractivity contribution is 8.03. The number of aliphatic imine (C=N–C) groups is 2. The molecule has 0 radical (unpaired) electrons. The number of halogens is 2. The second-order valence-corrected chi connectivity index (χ2v) is 9.87. The third-order valence-electron chi connectivity index (χ3n) is 6.33. The predicted octanol–water partition coefficient (Wildman–Crippen LogP) is 6.34. The van der Waals surface area contributed by atoms with Crippen LogP contribution in [-0.4, -0.2) is 34.3 Å². The molecule has 1 aromatic carbocycles. The van der Waals surface area contributed by atoms with Crippen molar-refractivity contribution >= 4 is 34.9 Å². The molecule has 5 rings (SSSR count). The minimum atomic E-state index is -0.325. The third-order valence-corrected chi connectivity index (χ3v) is 7.74. The second kappa shape index (κ2) is 8.01. The fourth-order valence-electron chi connectivity index (χ4n) is 4.74. The van der Waals surface area contributed by atoms with Gasteiger partial charge in [0, 0.05) is 28.4 Å². The van der Waals surface area contributed by atoms with Crippen molar-refractivity contribution in [2.45, 2.75) is 50.4 Å². The van der Waals surface area contributed by atoms with E-state index in [1.807, 2.05) is 11.8 Å². The van der Waals surface area contributed by atoms with Gasteiger partial charge in [-0.3, -0.25) is 9.98 Å². The van der Waals surface area contributed by atoms with E-state index in [0.29, 0.717) is 16.2 Å². The summed E-state index contributed by atoms with van der Waals surface area (Å²) >= 11 is 8.38. The van der Waals surface area contributed by atoms with Crippen LogP contribution in [0, 0.1) is 11.7 Å². The highest BCUT2D eigenvalue weighted by Gasteiger charge is 2.41. The summed E-state index contributed by atoms with van der Waals surface area (Å²) in [4.78, 5) is 12.6. The summed E-state index contributed by atoms with van der Waals surface area (Å²) in [5, 5.41) is 2.91. The molecule has 1 saturated heterocycles. The zero-order chi connectivity index (χ0) is 20.8. The van der Waals surface area contributed by atoms with E-state index >= 15 is 0 Å². The van der Waals surface area contributed by atoms with Crippen LogP contribution in [0.1, 0.15) is 44.7 Å². The van der Waals surface area contributed by atoms with E-state index in [9.17, 15) is 4.39 Å². The Bertz CT molecular complexity index is 1020. The maximum atomic E-state index is 13.8. The van der Waals surface area contributed by atoms with Crippen molar-refractivity contribution in [3.8, 4) is 0 Å². The summed E-state index contributed by atoms with van der Waals surface area (Å²) in [7, 11) is 0. The first-order valence-electron chi connectivity index (χ1n) is 10.6. The van der Waals surface area contributed by atoms with Gasteiger partial charge < -0.3 is 4.90 Å². The maximum absolute atomic E-state index is 13.8. The van der Waals surface area contributed by atoms with Gasteiger partial charge in [0.25, 0.3) is 0 Å². The number of amidine groups is 1. The Kier molecular flexibility index (Phi) is 5.36. The number of hydrogen-bond donors (Lipinski definition) is 0. The molecular weight excluding hydrogens is 417 g/mol. The summed E-state index contributed by atoms with van der Waals surface area (Å²) < 4.78 is 13.8. The van der Waals surface area contributed by atoms with Gasteiger partial charge in [-0.05, 0) is 49.3 Å². The van der Waals surface area contributed by atoms with Crippen LogP contribution in [0.5, 0.6) is 0 Å². The molecule has 4 heterocycles. The lowest BCUT2D eigenvalue weighted by Gasteiger charge is -2.35. The molecule has 1 aromatic rings. The van der Waals surface area contributed by atoms with Crippen molar-refractivity contribution in [2.24, 2.45) is 15.9 Å². The molecule has 0 aliphatic carbocycles. The predicted molar refractivity (Wildman–Crippen MR) is 125 cm³/mol. The van der Waals surface area contributed by atoms with Crippen molar-refractivity contribution in [3.05, 3.63) is 69.5 Å². The average Bonchev–Trinajstić information content (AvgIpc) is 3.47. The highest BCUT2D eigenvalue weighted by Crippen LogP contribution is 2.46. The molecule has 30 heavy (non-hydrogen) atoms. The SMILES string of the molecule is CC[C@H]1CC2=C(C3=NC(C)C=C3)[C@H](c3ccc(F)cc3Cl)N=C(C3CC=CS3)N2C1. The van der Waals surface area contributed by atoms with Gasteiger partial charge >= 0.3 is 0 Å². The van der Waals surface area contributed by atoms with E-state index in [-0.39, 0.29) is 17.9 Å². The molecule has 0 bridgehead atoms. The van der Waals surface area contributed by atoms with Gasteiger partial charge in [0.2, 0.25) is 0 Å². The van der Waals surface area contributed by atoms with Crippen LogP contribution in [0.25, 0.3) is 0 Å². The van der Waals surface area contributed by atoms with Crippen molar-refractivity contribution in [3.63, 3.8) is 0 Å². The molecule has 0 amide bonds. The normalized spacial score (nSPS) is 30.2. The minimum absolute atomic E-state index is 0.161. The number of thioether (sulfide) groups is 1. The van der Waals surface area contributed by atoms with Crippen LogP contribution in [0.15, 0.2) is 63.1 Å². The van der Waals surface area contributed by atoms with E-state index in [1.165, 1.54) is 17.8 Å². The van der Waals surface area contributed by atoms with Gasteiger partial charge in [-0.1, -0.05) is 43.2 Å². The summed E-state index contributed by atoms with van der Waals surface area (Å²) in [6, 6.07) is 4.56. The van der Waals surface area contributed by atoms with E-state index < -0.39 is 0 Å². The topological polar surface area (TPSA) is 28.0 Å². The van der Waals surface area contributed by atoms with Crippen molar-refractivity contribution in [2.75, 3.05) is 6.54 Å². The molecule has 1 fully saturated rings. The standard InChI is InChI=1S/C24H25ClFN3S/c1-3-15-11-20-22(19-9-6-14(2)27-19)23(17-8-7-16(26)12-18(17)25)28-24(29(20)13-15)21-5-4-10-30-21/h4,6-10,12,14-15,21,23H,3,5,11,13H2,1-2H3/t14?,15-,21?,23-/m0/s1. The van der Waals surface area contributed by atoms with E-state index in [1.54, 1.807) is 6.07 Å². The molecule has 0 N–H and O–H groups in total. The van der Waals surface area contributed by atoms with Gasteiger partial charge in [0.05, 0.1) is 17.0 Å².